The van der Waals surface area contributed by atoms with Crippen molar-refractivity contribution >= 4 is 11.6 Å². The Labute approximate surface area is 117 Å². The van der Waals surface area contributed by atoms with Crippen LogP contribution in [0.15, 0.2) is 42.5 Å². The van der Waals surface area contributed by atoms with E-state index in [0.717, 1.165) is 11.3 Å². The summed E-state index contributed by atoms with van der Waals surface area (Å²) < 4.78 is 10.9. The molecule has 2 aromatic rings. The summed E-state index contributed by atoms with van der Waals surface area (Å²) in [6.07, 6.45) is 0. The number of hydrogen-bond acceptors (Lipinski definition) is 3. The standard InChI is InChI=1S/C15H16ClNO2/c1-10(17)14-7-6-13(9-15(14)16)19-12-5-3-4-11(8-12)18-2/h3-10H,17H2,1-2H3. The third-order valence-corrected chi connectivity index (χ3v) is 3.07. The molecule has 0 saturated heterocycles. The minimum Gasteiger partial charge on any atom is -0.497 e. The summed E-state index contributed by atoms with van der Waals surface area (Å²) in [5.41, 5.74) is 6.72. The van der Waals surface area contributed by atoms with Gasteiger partial charge in [-0.05, 0) is 36.8 Å². The lowest BCUT2D eigenvalue weighted by molar-refractivity contribution is 0.409. The van der Waals surface area contributed by atoms with Gasteiger partial charge in [-0.15, -0.1) is 0 Å². The van der Waals surface area contributed by atoms with E-state index in [4.69, 9.17) is 26.8 Å². The maximum Gasteiger partial charge on any atom is 0.131 e. The van der Waals surface area contributed by atoms with Crippen molar-refractivity contribution in [1.29, 1.82) is 0 Å². The minimum atomic E-state index is -0.0987. The molecule has 19 heavy (non-hydrogen) atoms. The topological polar surface area (TPSA) is 44.5 Å². The number of benzene rings is 2. The van der Waals surface area contributed by atoms with Crippen molar-refractivity contribution in [3.8, 4) is 17.2 Å². The zero-order valence-electron chi connectivity index (χ0n) is 10.9. The van der Waals surface area contributed by atoms with Crippen LogP contribution in [0.5, 0.6) is 17.2 Å². The molecule has 0 fully saturated rings. The van der Waals surface area contributed by atoms with E-state index in [0.29, 0.717) is 16.5 Å². The van der Waals surface area contributed by atoms with Crippen molar-refractivity contribution in [3.63, 3.8) is 0 Å². The zero-order valence-corrected chi connectivity index (χ0v) is 11.6. The molecule has 1 atom stereocenters. The largest absolute Gasteiger partial charge is 0.497 e. The average Bonchev–Trinajstić information content (AvgIpc) is 2.38. The van der Waals surface area contributed by atoms with Gasteiger partial charge in [-0.3, -0.25) is 0 Å². The average molecular weight is 278 g/mol. The van der Waals surface area contributed by atoms with Gasteiger partial charge >= 0.3 is 0 Å². The van der Waals surface area contributed by atoms with Gasteiger partial charge in [0.1, 0.15) is 17.2 Å². The van der Waals surface area contributed by atoms with Gasteiger partial charge in [0.05, 0.1) is 7.11 Å². The second-order valence-electron chi connectivity index (χ2n) is 4.25. The summed E-state index contributed by atoms with van der Waals surface area (Å²) in [5, 5.41) is 0.607. The van der Waals surface area contributed by atoms with Crippen LogP contribution in [-0.2, 0) is 0 Å². The normalized spacial score (nSPS) is 12.0. The van der Waals surface area contributed by atoms with Crippen LogP contribution in [0, 0.1) is 0 Å². The van der Waals surface area contributed by atoms with E-state index in [1.165, 1.54) is 0 Å². The summed E-state index contributed by atoms with van der Waals surface area (Å²) in [6, 6.07) is 12.8. The second-order valence-corrected chi connectivity index (χ2v) is 4.66. The van der Waals surface area contributed by atoms with Crippen molar-refractivity contribution < 1.29 is 9.47 Å². The molecular weight excluding hydrogens is 262 g/mol. The van der Waals surface area contributed by atoms with Gasteiger partial charge in [-0.1, -0.05) is 23.7 Å². The number of methoxy groups -OCH3 is 1. The molecule has 100 valence electrons. The third kappa shape index (κ3) is 3.40. The summed E-state index contributed by atoms with van der Waals surface area (Å²) in [4.78, 5) is 0. The Hall–Kier alpha value is -1.71. The fourth-order valence-corrected chi connectivity index (χ4v) is 2.08. The highest BCUT2D eigenvalue weighted by atomic mass is 35.5. The molecule has 0 aliphatic rings. The molecule has 1 unspecified atom stereocenters. The third-order valence-electron chi connectivity index (χ3n) is 2.74. The maximum absolute atomic E-state index is 6.16. The van der Waals surface area contributed by atoms with Crippen LogP contribution in [0.2, 0.25) is 5.02 Å². The van der Waals surface area contributed by atoms with Gasteiger partial charge in [0.2, 0.25) is 0 Å². The first kappa shape index (κ1) is 13.7. The Morgan fingerprint density at radius 1 is 1.05 bits per heavy atom. The molecule has 0 bridgehead atoms. The van der Waals surface area contributed by atoms with Crippen LogP contribution < -0.4 is 15.2 Å². The SMILES string of the molecule is COc1cccc(Oc2ccc(C(C)N)c(Cl)c2)c1. The Kier molecular flexibility index (Phi) is 4.30. The van der Waals surface area contributed by atoms with Crippen LogP contribution in [0.3, 0.4) is 0 Å². The second kappa shape index (κ2) is 5.95. The lowest BCUT2D eigenvalue weighted by Crippen LogP contribution is -2.05. The van der Waals surface area contributed by atoms with Crippen molar-refractivity contribution in [1.82, 2.24) is 0 Å². The van der Waals surface area contributed by atoms with E-state index in [1.54, 1.807) is 13.2 Å². The summed E-state index contributed by atoms with van der Waals surface area (Å²) >= 11 is 6.16. The monoisotopic (exact) mass is 277 g/mol. The minimum absolute atomic E-state index is 0.0987. The Morgan fingerprint density at radius 3 is 2.37 bits per heavy atom. The number of ether oxygens (including phenoxy) is 2. The quantitative estimate of drug-likeness (QED) is 0.912. The molecule has 0 radical (unpaired) electrons. The molecule has 0 aromatic heterocycles. The number of hydrogen-bond donors (Lipinski definition) is 1. The van der Waals surface area contributed by atoms with Crippen LogP contribution in [-0.4, -0.2) is 7.11 Å². The van der Waals surface area contributed by atoms with E-state index >= 15 is 0 Å². The predicted octanol–water partition coefficient (Wildman–Crippen LogP) is 4.16. The molecule has 2 N–H and O–H groups in total. The lowest BCUT2D eigenvalue weighted by Gasteiger charge is -2.11. The predicted molar refractivity (Wildman–Crippen MR) is 77.1 cm³/mol. The number of halogens is 1. The van der Waals surface area contributed by atoms with Gasteiger partial charge in [-0.25, -0.2) is 0 Å². The van der Waals surface area contributed by atoms with Crippen LogP contribution in [0.1, 0.15) is 18.5 Å². The smallest absolute Gasteiger partial charge is 0.131 e. The van der Waals surface area contributed by atoms with E-state index < -0.39 is 0 Å². The number of nitrogens with two attached hydrogens (primary N) is 1. The van der Waals surface area contributed by atoms with Crippen LogP contribution in [0.4, 0.5) is 0 Å². The van der Waals surface area contributed by atoms with E-state index in [9.17, 15) is 0 Å². The Balaban J connectivity index is 2.21. The molecule has 4 heteroatoms. The highest BCUT2D eigenvalue weighted by Crippen LogP contribution is 2.30. The summed E-state index contributed by atoms with van der Waals surface area (Å²) in [5.74, 6) is 2.11. The fraction of sp³-hybridized carbons (Fsp3) is 0.200. The zero-order chi connectivity index (χ0) is 13.8. The first-order chi connectivity index (χ1) is 9.10. The van der Waals surface area contributed by atoms with E-state index in [1.807, 2.05) is 43.3 Å². The van der Waals surface area contributed by atoms with Crippen LogP contribution in [0.25, 0.3) is 0 Å². The van der Waals surface area contributed by atoms with Crippen molar-refractivity contribution in [2.75, 3.05) is 7.11 Å². The van der Waals surface area contributed by atoms with Crippen molar-refractivity contribution in [2.45, 2.75) is 13.0 Å². The van der Waals surface area contributed by atoms with Gasteiger partial charge in [0, 0.05) is 17.1 Å². The molecule has 0 aliphatic heterocycles. The molecule has 0 amide bonds. The van der Waals surface area contributed by atoms with Gasteiger partial charge in [0.25, 0.3) is 0 Å². The first-order valence-corrected chi connectivity index (χ1v) is 6.35. The Morgan fingerprint density at radius 2 is 1.74 bits per heavy atom. The maximum atomic E-state index is 6.16. The number of rotatable bonds is 4. The fourth-order valence-electron chi connectivity index (χ4n) is 1.74. The van der Waals surface area contributed by atoms with E-state index in [2.05, 4.69) is 0 Å². The van der Waals surface area contributed by atoms with Gasteiger partial charge in [-0.2, -0.15) is 0 Å². The summed E-state index contributed by atoms with van der Waals surface area (Å²) in [7, 11) is 1.62. The molecule has 2 rings (SSSR count). The molecule has 0 spiro atoms. The first-order valence-electron chi connectivity index (χ1n) is 5.97. The molecular formula is C15H16ClNO2. The summed E-state index contributed by atoms with van der Waals surface area (Å²) in [6.45, 7) is 1.89. The van der Waals surface area contributed by atoms with Gasteiger partial charge in [0.15, 0.2) is 0 Å². The Bertz CT molecular complexity index is 570. The van der Waals surface area contributed by atoms with Crippen molar-refractivity contribution in [2.24, 2.45) is 5.73 Å². The molecule has 0 heterocycles. The van der Waals surface area contributed by atoms with Crippen molar-refractivity contribution in [3.05, 3.63) is 53.1 Å². The molecule has 2 aromatic carbocycles. The van der Waals surface area contributed by atoms with E-state index in [-0.39, 0.29) is 6.04 Å². The molecule has 3 nitrogen and oxygen atoms in total. The highest BCUT2D eigenvalue weighted by Gasteiger charge is 2.07. The van der Waals surface area contributed by atoms with Crippen LogP contribution >= 0.6 is 11.6 Å². The van der Waals surface area contributed by atoms with Gasteiger partial charge < -0.3 is 15.2 Å². The molecule has 0 saturated carbocycles. The highest BCUT2D eigenvalue weighted by molar-refractivity contribution is 6.31. The molecule has 0 aliphatic carbocycles. The lowest BCUT2D eigenvalue weighted by atomic mass is 10.1.